The Labute approximate surface area is 82.1 Å². The first kappa shape index (κ1) is 8.21. The summed E-state index contributed by atoms with van der Waals surface area (Å²) in [6.07, 6.45) is 4.97. The number of allylic oxidation sites excluding steroid dienone is 1. The van der Waals surface area contributed by atoms with Gasteiger partial charge < -0.3 is 4.74 Å². The predicted molar refractivity (Wildman–Crippen MR) is 48.2 cm³/mol. The average molecular weight is 192 g/mol. The van der Waals surface area contributed by atoms with E-state index in [0.717, 1.165) is 12.3 Å². The number of fused-ring (bicyclic) bond motifs is 2. The van der Waals surface area contributed by atoms with Gasteiger partial charge in [0.05, 0.1) is 6.42 Å². The van der Waals surface area contributed by atoms with Crippen molar-refractivity contribution in [3.63, 3.8) is 0 Å². The van der Waals surface area contributed by atoms with Crippen LogP contribution in [-0.2, 0) is 14.3 Å². The van der Waals surface area contributed by atoms with Gasteiger partial charge in [-0.05, 0) is 37.5 Å². The molecule has 3 heteroatoms. The van der Waals surface area contributed by atoms with Crippen molar-refractivity contribution in [3.8, 4) is 0 Å². The fourth-order valence-corrected chi connectivity index (χ4v) is 3.09. The molecule has 1 aliphatic heterocycles. The van der Waals surface area contributed by atoms with Gasteiger partial charge in [-0.3, -0.25) is 4.79 Å². The maximum atomic E-state index is 11.3. The molecular weight excluding hydrogens is 180 g/mol. The maximum Gasteiger partial charge on any atom is 0.342 e. The molecule has 74 valence electrons. The molecule has 0 spiro atoms. The van der Waals surface area contributed by atoms with Crippen LogP contribution in [0.5, 0.6) is 0 Å². The Morgan fingerprint density at radius 2 is 2.07 bits per heavy atom. The summed E-state index contributed by atoms with van der Waals surface area (Å²) in [5, 5.41) is 0. The van der Waals surface area contributed by atoms with Crippen LogP contribution in [-0.4, -0.2) is 11.9 Å². The number of hydrogen-bond acceptors (Lipinski definition) is 3. The molecule has 2 aliphatic carbocycles. The van der Waals surface area contributed by atoms with E-state index in [0.29, 0.717) is 11.5 Å². The fraction of sp³-hybridized carbons (Fsp3) is 0.636. The van der Waals surface area contributed by atoms with Gasteiger partial charge in [0.2, 0.25) is 0 Å². The lowest BCUT2D eigenvalue weighted by atomic mass is 9.90. The lowest BCUT2D eigenvalue weighted by Gasteiger charge is -2.14. The number of rotatable bonds is 0. The molecule has 0 amide bonds. The summed E-state index contributed by atoms with van der Waals surface area (Å²) in [5.41, 5.74) is 1.92. The van der Waals surface area contributed by atoms with Crippen molar-refractivity contribution in [1.82, 2.24) is 0 Å². The minimum atomic E-state index is -0.377. The normalized spacial score (nSPS) is 40.9. The quantitative estimate of drug-likeness (QED) is 0.332. The third kappa shape index (κ3) is 1.04. The van der Waals surface area contributed by atoms with E-state index < -0.39 is 0 Å². The predicted octanol–water partition coefficient (Wildman–Crippen LogP) is 1.58. The lowest BCUT2D eigenvalue weighted by molar-refractivity contribution is -0.151. The van der Waals surface area contributed by atoms with Crippen molar-refractivity contribution in [2.45, 2.75) is 32.1 Å². The third-order valence-corrected chi connectivity index (χ3v) is 3.70. The monoisotopic (exact) mass is 192 g/mol. The summed E-state index contributed by atoms with van der Waals surface area (Å²) in [6, 6.07) is 0. The fourth-order valence-electron chi connectivity index (χ4n) is 3.09. The average Bonchev–Trinajstić information content (AvgIpc) is 2.79. The lowest BCUT2D eigenvalue weighted by Crippen LogP contribution is -2.06. The Morgan fingerprint density at radius 3 is 2.57 bits per heavy atom. The summed E-state index contributed by atoms with van der Waals surface area (Å²) in [5.74, 6) is 0.595. The largest absolute Gasteiger partial charge is 0.389 e. The molecule has 2 saturated carbocycles. The number of esters is 2. The highest BCUT2D eigenvalue weighted by atomic mass is 16.6. The second-order valence-corrected chi connectivity index (χ2v) is 4.52. The minimum Gasteiger partial charge on any atom is -0.389 e. The van der Waals surface area contributed by atoms with E-state index in [4.69, 9.17) is 0 Å². The standard InChI is InChI=1S/C11H12O3/c12-10-5-9(11(13)14-10)8-4-6-1-2-7(8)3-6/h6-7H,1-5H2. The Hall–Kier alpha value is -1.12. The van der Waals surface area contributed by atoms with Gasteiger partial charge in [0.15, 0.2) is 0 Å². The number of ether oxygens (including phenoxy) is 1. The molecule has 2 atom stereocenters. The van der Waals surface area contributed by atoms with Crippen LogP contribution in [0.15, 0.2) is 11.1 Å². The van der Waals surface area contributed by atoms with E-state index in [1.807, 2.05) is 0 Å². The van der Waals surface area contributed by atoms with Gasteiger partial charge in [-0.2, -0.15) is 0 Å². The zero-order chi connectivity index (χ0) is 9.71. The molecule has 1 heterocycles. The molecule has 2 unspecified atom stereocenters. The van der Waals surface area contributed by atoms with Crippen LogP contribution in [0.3, 0.4) is 0 Å². The number of cyclic esters (lactones) is 2. The highest BCUT2D eigenvalue weighted by Gasteiger charge is 2.41. The summed E-state index contributed by atoms with van der Waals surface area (Å²) >= 11 is 0. The first-order valence-electron chi connectivity index (χ1n) is 5.21. The van der Waals surface area contributed by atoms with Crippen LogP contribution in [0, 0.1) is 11.8 Å². The topological polar surface area (TPSA) is 43.4 Å². The molecular formula is C11H12O3. The Bertz CT molecular complexity index is 354. The molecule has 0 aromatic heterocycles. The third-order valence-electron chi connectivity index (χ3n) is 3.70. The summed E-state index contributed by atoms with van der Waals surface area (Å²) in [6.45, 7) is 0. The van der Waals surface area contributed by atoms with Crippen LogP contribution in [0.25, 0.3) is 0 Å². The number of carbonyl (C=O) groups is 2. The molecule has 14 heavy (non-hydrogen) atoms. The Morgan fingerprint density at radius 1 is 1.21 bits per heavy atom. The summed E-state index contributed by atoms with van der Waals surface area (Å²) in [7, 11) is 0. The van der Waals surface area contributed by atoms with E-state index in [9.17, 15) is 9.59 Å². The van der Waals surface area contributed by atoms with Crippen molar-refractivity contribution >= 4 is 11.9 Å². The molecule has 1 saturated heterocycles. The van der Waals surface area contributed by atoms with Gasteiger partial charge in [-0.25, -0.2) is 4.79 Å². The zero-order valence-electron chi connectivity index (χ0n) is 7.91. The highest BCUT2D eigenvalue weighted by molar-refractivity contribution is 6.06. The number of carbonyl (C=O) groups excluding carboxylic acids is 2. The molecule has 0 aromatic rings. The van der Waals surface area contributed by atoms with E-state index in [1.165, 1.54) is 24.8 Å². The molecule has 3 nitrogen and oxygen atoms in total. The van der Waals surface area contributed by atoms with Gasteiger partial charge >= 0.3 is 11.9 Å². The maximum absolute atomic E-state index is 11.3. The number of hydrogen-bond donors (Lipinski definition) is 0. The van der Waals surface area contributed by atoms with E-state index >= 15 is 0 Å². The minimum absolute atomic E-state index is 0.220. The van der Waals surface area contributed by atoms with Crippen LogP contribution < -0.4 is 0 Å². The SMILES string of the molecule is O=C1CC(=C2CC3CCC2C3)C(=O)O1. The Kier molecular flexibility index (Phi) is 1.58. The molecule has 2 bridgehead atoms. The van der Waals surface area contributed by atoms with Gasteiger partial charge in [0.1, 0.15) is 0 Å². The second kappa shape index (κ2) is 2.69. The first-order valence-corrected chi connectivity index (χ1v) is 5.21. The van der Waals surface area contributed by atoms with Crippen molar-refractivity contribution < 1.29 is 14.3 Å². The van der Waals surface area contributed by atoms with Gasteiger partial charge in [0, 0.05) is 5.57 Å². The smallest absolute Gasteiger partial charge is 0.342 e. The van der Waals surface area contributed by atoms with Crippen molar-refractivity contribution in [3.05, 3.63) is 11.1 Å². The van der Waals surface area contributed by atoms with Gasteiger partial charge in [-0.15, -0.1) is 0 Å². The van der Waals surface area contributed by atoms with E-state index in [1.54, 1.807) is 0 Å². The molecule has 0 N–H and O–H groups in total. The van der Waals surface area contributed by atoms with Crippen LogP contribution in [0.2, 0.25) is 0 Å². The van der Waals surface area contributed by atoms with Crippen molar-refractivity contribution in [2.75, 3.05) is 0 Å². The molecule has 3 rings (SSSR count). The van der Waals surface area contributed by atoms with Crippen LogP contribution >= 0.6 is 0 Å². The molecule has 3 fully saturated rings. The van der Waals surface area contributed by atoms with Crippen LogP contribution in [0.4, 0.5) is 0 Å². The van der Waals surface area contributed by atoms with Crippen molar-refractivity contribution in [2.24, 2.45) is 11.8 Å². The van der Waals surface area contributed by atoms with E-state index in [2.05, 4.69) is 4.74 Å². The van der Waals surface area contributed by atoms with Gasteiger partial charge in [-0.1, -0.05) is 5.57 Å². The highest BCUT2D eigenvalue weighted by Crippen LogP contribution is 2.50. The second-order valence-electron chi connectivity index (χ2n) is 4.52. The first-order chi connectivity index (χ1) is 6.74. The van der Waals surface area contributed by atoms with Crippen molar-refractivity contribution in [1.29, 1.82) is 0 Å². The Balaban J connectivity index is 1.97. The van der Waals surface area contributed by atoms with Crippen LogP contribution in [0.1, 0.15) is 32.1 Å². The summed E-state index contributed by atoms with van der Waals surface area (Å²) < 4.78 is 4.56. The van der Waals surface area contributed by atoms with Gasteiger partial charge in [0.25, 0.3) is 0 Å². The molecule has 0 aromatic carbocycles. The summed E-state index contributed by atoms with van der Waals surface area (Å²) in [4.78, 5) is 22.3. The molecule has 3 aliphatic rings. The zero-order valence-corrected chi connectivity index (χ0v) is 7.91. The molecule has 0 radical (unpaired) electrons. The van der Waals surface area contributed by atoms with E-state index in [-0.39, 0.29) is 18.4 Å².